The number of nitrogens with zero attached hydrogens (tertiary/aromatic N) is 3. The molecule has 1 aromatic heterocycles. The summed E-state index contributed by atoms with van der Waals surface area (Å²) in [6.45, 7) is 9.03. The molecule has 1 saturated heterocycles. The third kappa shape index (κ3) is 7.13. The highest BCUT2D eigenvalue weighted by atomic mass is 35.5. The van der Waals surface area contributed by atoms with E-state index in [0.29, 0.717) is 19.1 Å². The van der Waals surface area contributed by atoms with E-state index >= 15 is 0 Å². The summed E-state index contributed by atoms with van der Waals surface area (Å²) in [5.74, 6) is 2.36. The Morgan fingerprint density at radius 2 is 1.68 bits per heavy atom. The number of β-amino-alcohol motifs (C(OH)–C–C–N with tert-alkyl or cyclic N) is 1. The lowest BCUT2D eigenvalue weighted by Gasteiger charge is -2.36. The zero-order valence-corrected chi connectivity index (χ0v) is 18.0. The fourth-order valence-electron chi connectivity index (χ4n) is 3.19. The molecule has 2 aromatic rings. The number of rotatable bonds is 7. The molecule has 2 heterocycles. The maximum Gasteiger partial charge on any atom is 0.128 e. The monoisotopic (exact) mass is 425 g/mol. The smallest absolute Gasteiger partial charge is 0.128 e. The van der Waals surface area contributed by atoms with Crippen LogP contribution in [0, 0.1) is 0 Å². The van der Waals surface area contributed by atoms with E-state index in [1.807, 2.05) is 36.5 Å². The van der Waals surface area contributed by atoms with E-state index in [9.17, 15) is 5.11 Å². The largest absolute Gasteiger partial charge is 1.00 e. The van der Waals surface area contributed by atoms with Crippen molar-refractivity contribution in [3.8, 4) is 5.75 Å². The zero-order chi connectivity index (χ0) is 18.4. The molecule has 1 atom stereocenters. The summed E-state index contributed by atoms with van der Waals surface area (Å²) >= 11 is 0. The molecule has 156 valence electrons. The van der Waals surface area contributed by atoms with Crippen molar-refractivity contribution >= 4 is 5.82 Å². The van der Waals surface area contributed by atoms with Crippen LogP contribution in [0.3, 0.4) is 0 Å². The van der Waals surface area contributed by atoms with Gasteiger partial charge in [0, 0.05) is 38.9 Å². The molecule has 1 N–H and O–H groups in total. The highest BCUT2D eigenvalue weighted by Crippen LogP contribution is 2.19. The Labute approximate surface area is 180 Å². The van der Waals surface area contributed by atoms with Crippen LogP contribution >= 0.6 is 0 Å². The molecule has 1 fully saturated rings. The first-order valence-electron chi connectivity index (χ1n) is 9.41. The first-order chi connectivity index (χ1) is 12.6. The fraction of sp³-hybridized carbons (Fsp3) is 0.476. The van der Waals surface area contributed by atoms with E-state index in [4.69, 9.17) is 4.74 Å². The van der Waals surface area contributed by atoms with Crippen LogP contribution in [-0.4, -0.2) is 60.4 Å². The van der Waals surface area contributed by atoms with Gasteiger partial charge < -0.3 is 39.6 Å². The Hall–Kier alpha value is -1.53. The molecule has 0 bridgehead atoms. The van der Waals surface area contributed by atoms with E-state index in [0.717, 1.165) is 37.7 Å². The van der Waals surface area contributed by atoms with Crippen LogP contribution in [0.5, 0.6) is 5.75 Å². The van der Waals surface area contributed by atoms with Crippen LogP contribution in [0.25, 0.3) is 0 Å². The lowest BCUT2D eigenvalue weighted by atomic mass is 10.0. The van der Waals surface area contributed by atoms with Crippen molar-refractivity contribution in [3.05, 3.63) is 54.2 Å². The van der Waals surface area contributed by atoms with Crippen molar-refractivity contribution in [2.45, 2.75) is 25.9 Å². The number of hydrogen-bond acceptors (Lipinski definition) is 5. The number of anilines is 1. The number of halogens is 2. The molecular formula is C21H29Cl2N3O2-2. The number of ether oxygens (including phenoxy) is 1. The SMILES string of the molecule is CC(C)c1ccc(OCC(O)CN2CCN(c3ccccn3)CC2)cc1.[Cl-].[Cl-]. The number of hydrogen-bond donors (Lipinski definition) is 1. The van der Waals surface area contributed by atoms with Crippen LogP contribution in [-0.2, 0) is 0 Å². The average molecular weight is 426 g/mol. The summed E-state index contributed by atoms with van der Waals surface area (Å²) in [5, 5.41) is 10.3. The number of aliphatic hydroxyl groups excluding tert-OH is 1. The average Bonchev–Trinajstić information content (AvgIpc) is 2.68. The number of benzene rings is 1. The van der Waals surface area contributed by atoms with Gasteiger partial charge in [0.05, 0.1) is 0 Å². The summed E-state index contributed by atoms with van der Waals surface area (Å²) in [4.78, 5) is 8.98. The standard InChI is InChI=1S/C21H29N3O2.2ClH/c1-17(2)18-6-8-20(9-7-18)26-16-19(25)15-23-11-13-24(14-12-23)21-5-3-4-10-22-21;;/h3-10,17,19,25H,11-16H2,1-2H3;2*1H/p-2. The molecule has 1 aliphatic rings. The fourth-order valence-corrected chi connectivity index (χ4v) is 3.19. The summed E-state index contributed by atoms with van der Waals surface area (Å²) in [7, 11) is 0. The molecule has 0 spiro atoms. The van der Waals surface area contributed by atoms with Gasteiger partial charge in [0.15, 0.2) is 0 Å². The number of aromatic nitrogens is 1. The predicted molar refractivity (Wildman–Crippen MR) is 105 cm³/mol. The Balaban J connectivity index is 0.00000196. The van der Waals surface area contributed by atoms with Gasteiger partial charge in [0.25, 0.3) is 0 Å². The minimum Gasteiger partial charge on any atom is -1.00 e. The highest BCUT2D eigenvalue weighted by molar-refractivity contribution is 5.38. The Morgan fingerprint density at radius 1 is 1.00 bits per heavy atom. The molecule has 3 rings (SSSR count). The normalized spacial score (nSPS) is 15.5. The summed E-state index contributed by atoms with van der Waals surface area (Å²) in [6.07, 6.45) is 1.34. The maximum atomic E-state index is 10.3. The van der Waals surface area contributed by atoms with E-state index < -0.39 is 6.10 Å². The third-order valence-corrected chi connectivity index (χ3v) is 4.80. The third-order valence-electron chi connectivity index (χ3n) is 4.80. The number of piperazine rings is 1. The van der Waals surface area contributed by atoms with Crippen molar-refractivity contribution in [1.29, 1.82) is 0 Å². The van der Waals surface area contributed by atoms with Gasteiger partial charge in [-0.1, -0.05) is 32.0 Å². The molecule has 0 saturated carbocycles. The minimum atomic E-state index is -0.485. The van der Waals surface area contributed by atoms with E-state index in [2.05, 4.69) is 40.8 Å². The van der Waals surface area contributed by atoms with Crippen molar-refractivity contribution in [3.63, 3.8) is 0 Å². The summed E-state index contributed by atoms with van der Waals surface area (Å²) in [6, 6.07) is 14.1. The minimum absolute atomic E-state index is 0. The van der Waals surface area contributed by atoms with Crippen LogP contribution in [0.1, 0.15) is 25.3 Å². The molecular weight excluding hydrogens is 397 g/mol. The second kappa shape index (κ2) is 12.1. The van der Waals surface area contributed by atoms with Gasteiger partial charge in [-0.25, -0.2) is 4.98 Å². The van der Waals surface area contributed by atoms with E-state index in [-0.39, 0.29) is 24.8 Å². The molecule has 1 aliphatic heterocycles. The second-order valence-electron chi connectivity index (χ2n) is 7.16. The van der Waals surface area contributed by atoms with Crippen LogP contribution in [0.2, 0.25) is 0 Å². The van der Waals surface area contributed by atoms with E-state index in [1.54, 1.807) is 0 Å². The van der Waals surface area contributed by atoms with Gasteiger partial charge in [0.1, 0.15) is 24.3 Å². The summed E-state index contributed by atoms with van der Waals surface area (Å²) < 4.78 is 5.74. The van der Waals surface area contributed by atoms with Crippen molar-refractivity contribution < 1.29 is 34.7 Å². The van der Waals surface area contributed by atoms with Crippen LogP contribution < -0.4 is 34.5 Å². The quantitative estimate of drug-likeness (QED) is 0.505. The van der Waals surface area contributed by atoms with Crippen molar-refractivity contribution in [2.75, 3.05) is 44.2 Å². The van der Waals surface area contributed by atoms with Crippen LogP contribution in [0.4, 0.5) is 5.82 Å². The van der Waals surface area contributed by atoms with Gasteiger partial charge in [-0.05, 0) is 35.7 Å². The lowest BCUT2D eigenvalue weighted by Crippen LogP contribution is -3.00. The predicted octanol–water partition coefficient (Wildman–Crippen LogP) is -3.23. The molecule has 28 heavy (non-hydrogen) atoms. The Kier molecular flexibility index (Phi) is 10.6. The van der Waals surface area contributed by atoms with Crippen molar-refractivity contribution in [1.82, 2.24) is 9.88 Å². The lowest BCUT2D eigenvalue weighted by molar-refractivity contribution is -0.00100. The first-order valence-corrected chi connectivity index (χ1v) is 9.41. The number of aliphatic hydroxyl groups is 1. The zero-order valence-electron chi connectivity index (χ0n) is 16.5. The second-order valence-corrected chi connectivity index (χ2v) is 7.16. The molecule has 0 radical (unpaired) electrons. The van der Waals surface area contributed by atoms with Crippen LogP contribution in [0.15, 0.2) is 48.7 Å². The molecule has 1 aromatic carbocycles. The molecule has 5 nitrogen and oxygen atoms in total. The Bertz CT molecular complexity index is 663. The van der Waals surface area contributed by atoms with Gasteiger partial charge >= 0.3 is 0 Å². The Morgan fingerprint density at radius 3 is 2.25 bits per heavy atom. The topological polar surface area (TPSA) is 48.8 Å². The van der Waals surface area contributed by atoms with Crippen molar-refractivity contribution in [2.24, 2.45) is 0 Å². The highest BCUT2D eigenvalue weighted by Gasteiger charge is 2.20. The van der Waals surface area contributed by atoms with Gasteiger partial charge in [-0.3, -0.25) is 4.90 Å². The van der Waals surface area contributed by atoms with Gasteiger partial charge in [-0.15, -0.1) is 0 Å². The molecule has 0 amide bonds. The summed E-state index contributed by atoms with van der Waals surface area (Å²) in [5.41, 5.74) is 1.30. The van der Waals surface area contributed by atoms with E-state index in [1.165, 1.54) is 5.56 Å². The first kappa shape index (κ1) is 24.5. The van der Waals surface area contributed by atoms with Gasteiger partial charge in [0.2, 0.25) is 0 Å². The van der Waals surface area contributed by atoms with Gasteiger partial charge in [-0.2, -0.15) is 0 Å². The molecule has 1 unspecified atom stereocenters. The maximum absolute atomic E-state index is 10.3. The molecule has 0 aliphatic carbocycles. The number of pyridine rings is 1. The molecule has 7 heteroatoms.